The molecule has 1 aliphatic carbocycles. The molecule has 1 atom stereocenters. The van der Waals surface area contributed by atoms with Gasteiger partial charge in [-0.25, -0.2) is 4.98 Å². The highest BCUT2D eigenvalue weighted by Crippen LogP contribution is 2.29. The van der Waals surface area contributed by atoms with Crippen LogP contribution >= 0.6 is 0 Å². The molecule has 1 aliphatic rings. The first-order valence-electron chi connectivity index (χ1n) is 3.51. The highest BCUT2D eigenvalue weighted by Gasteiger charge is 2.24. The normalized spacial score (nSPS) is 23.1. The van der Waals surface area contributed by atoms with Gasteiger partial charge in [-0.05, 0) is 19.9 Å². The number of nitrogens with one attached hydrogen (secondary N) is 1. The Kier molecular flexibility index (Phi) is 1.24. The van der Waals surface area contributed by atoms with Gasteiger partial charge in [-0.15, -0.1) is 0 Å². The summed E-state index contributed by atoms with van der Waals surface area (Å²) in [7, 11) is 1.95. The molecule has 3 nitrogen and oxygen atoms in total. The zero-order valence-electron chi connectivity index (χ0n) is 5.92. The molecular weight excluding hydrogens is 128 g/mol. The van der Waals surface area contributed by atoms with Gasteiger partial charge < -0.3 is 9.73 Å². The third kappa shape index (κ3) is 0.671. The van der Waals surface area contributed by atoms with E-state index in [1.54, 1.807) is 0 Å². The summed E-state index contributed by atoms with van der Waals surface area (Å²) in [6, 6.07) is 0.400. The van der Waals surface area contributed by atoms with Crippen LogP contribution in [0.1, 0.15) is 23.9 Å². The Bertz CT molecular complexity index is 231. The first-order valence-corrected chi connectivity index (χ1v) is 3.51. The molecule has 0 aromatic carbocycles. The fraction of sp³-hybridized carbons (Fsp3) is 0.571. The predicted molar refractivity (Wildman–Crippen MR) is 36.6 cm³/mol. The Morgan fingerprint density at radius 3 is 3.50 bits per heavy atom. The van der Waals surface area contributed by atoms with Crippen LogP contribution < -0.4 is 5.32 Å². The van der Waals surface area contributed by atoms with Gasteiger partial charge in [0.1, 0.15) is 5.76 Å². The second-order valence-corrected chi connectivity index (χ2v) is 2.54. The van der Waals surface area contributed by atoms with Crippen molar-refractivity contribution in [1.82, 2.24) is 10.3 Å². The van der Waals surface area contributed by atoms with Crippen LogP contribution in [0.5, 0.6) is 0 Å². The van der Waals surface area contributed by atoms with Crippen molar-refractivity contribution in [2.24, 2.45) is 0 Å². The Labute approximate surface area is 59.4 Å². The van der Waals surface area contributed by atoms with Gasteiger partial charge in [-0.2, -0.15) is 0 Å². The summed E-state index contributed by atoms with van der Waals surface area (Å²) in [6.45, 7) is 0. The summed E-state index contributed by atoms with van der Waals surface area (Å²) in [4.78, 5) is 4.09. The van der Waals surface area contributed by atoms with E-state index in [4.69, 9.17) is 4.42 Å². The largest absolute Gasteiger partial charge is 0.447 e. The van der Waals surface area contributed by atoms with Crippen molar-refractivity contribution in [3.05, 3.63) is 17.8 Å². The van der Waals surface area contributed by atoms with E-state index in [-0.39, 0.29) is 0 Å². The molecule has 1 heterocycles. The van der Waals surface area contributed by atoms with Gasteiger partial charge in [0.2, 0.25) is 0 Å². The molecule has 0 fully saturated rings. The first-order chi connectivity index (χ1) is 4.92. The third-order valence-corrected chi connectivity index (χ3v) is 2.01. The molecule has 54 valence electrons. The van der Waals surface area contributed by atoms with Crippen molar-refractivity contribution < 1.29 is 4.42 Å². The van der Waals surface area contributed by atoms with Gasteiger partial charge in [0.15, 0.2) is 6.39 Å². The summed E-state index contributed by atoms with van der Waals surface area (Å²) in [6.07, 6.45) is 3.70. The van der Waals surface area contributed by atoms with Gasteiger partial charge in [-0.1, -0.05) is 0 Å². The average Bonchev–Trinajstić information content (AvgIpc) is 2.44. The zero-order valence-corrected chi connectivity index (χ0v) is 5.92. The molecule has 0 bridgehead atoms. The highest BCUT2D eigenvalue weighted by molar-refractivity contribution is 5.17. The van der Waals surface area contributed by atoms with E-state index in [0.29, 0.717) is 6.04 Å². The van der Waals surface area contributed by atoms with E-state index < -0.39 is 0 Å². The molecule has 1 aromatic heterocycles. The summed E-state index contributed by atoms with van der Waals surface area (Å²) >= 11 is 0. The minimum Gasteiger partial charge on any atom is -0.447 e. The van der Waals surface area contributed by atoms with Crippen molar-refractivity contribution >= 4 is 0 Å². The van der Waals surface area contributed by atoms with Gasteiger partial charge in [0, 0.05) is 0 Å². The molecule has 0 saturated carbocycles. The third-order valence-electron chi connectivity index (χ3n) is 2.01. The maximum atomic E-state index is 5.21. The lowest BCUT2D eigenvalue weighted by molar-refractivity contribution is 0.434. The minimum absolute atomic E-state index is 0.400. The molecule has 0 spiro atoms. The lowest BCUT2D eigenvalue weighted by Gasteiger charge is -2.03. The van der Waals surface area contributed by atoms with Crippen LogP contribution in [-0.4, -0.2) is 12.0 Å². The molecule has 1 N–H and O–H groups in total. The van der Waals surface area contributed by atoms with Crippen LogP contribution in [0, 0.1) is 0 Å². The predicted octanol–water partition coefficient (Wildman–Crippen LogP) is 0.881. The minimum atomic E-state index is 0.400. The number of aromatic nitrogens is 1. The lowest BCUT2D eigenvalue weighted by Crippen LogP contribution is -2.12. The van der Waals surface area contributed by atoms with Crippen LogP contribution in [0.3, 0.4) is 0 Å². The maximum Gasteiger partial charge on any atom is 0.181 e. The number of nitrogens with zero attached hydrogens (tertiary/aromatic N) is 1. The topological polar surface area (TPSA) is 38.1 Å². The summed E-state index contributed by atoms with van der Waals surface area (Å²) < 4.78 is 5.21. The van der Waals surface area contributed by atoms with Crippen molar-refractivity contribution in [2.75, 3.05) is 7.05 Å². The van der Waals surface area contributed by atoms with Crippen molar-refractivity contribution in [3.63, 3.8) is 0 Å². The van der Waals surface area contributed by atoms with E-state index in [0.717, 1.165) is 24.3 Å². The highest BCUT2D eigenvalue weighted by atomic mass is 16.3. The molecular formula is C7H10N2O. The van der Waals surface area contributed by atoms with Gasteiger partial charge in [0.05, 0.1) is 11.7 Å². The quantitative estimate of drug-likeness (QED) is 0.626. The summed E-state index contributed by atoms with van der Waals surface area (Å²) in [5.74, 6) is 1.03. The molecule has 1 unspecified atom stereocenters. The second kappa shape index (κ2) is 2.09. The molecule has 3 heteroatoms. The fourth-order valence-corrected chi connectivity index (χ4v) is 1.44. The van der Waals surface area contributed by atoms with Gasteiger partial charge in [0.25, 0.3) is 0 Å². The van der Waals surface area contributed by atoms with E-state index in [9.17, 15) is 0 Å². The Morgan fingerprint density at radius 1 is 1.80 bits per heavy atom. The number of hydrogen-bond acceptors (Lipinski definition) is 3. The smallest absolute Gasteiger partial charge is 0.181 e. The van der Waals surface area contributed by atoms with Crippen LogP contribution in [0.25, 0.3) is 0 Å². The molecule has 0 aliphatic heterocycles. The second-order valence-electron chi connectivity index (χ2n) is 2.54. The van der Waals surface area contributed by atoms with Gasteiger partial charge >= 0.3 is 0 Å². The molecule has 0 amide bonds. The zero-order chi connectivity index (χ0) is 6.97. The van der Waals surface area contributed by atoms with E-state index in [2.05, 4.69) is 10.3 Å². The number of oxazole rings is 1. The van der Waals surface area contributed by atoms with Crippen LogP contribution in [0.4, 0.5) is 0 Å². The van der Waals surface area contributed by atoms with Crippen LogP contribution in [0.2, 0.25) is 0 Å². The van der Waals surface area contributed by atoms with Gasteiger partial charge in [-0.3, -0.25) is 0 Å². The SMILES string of the molecule is CNC1CCc2ncoc21. The molecule has 10 heavy (non-hydrogen) atoms. The molecule has 1 aromatic rings. The Balaban J connectivity index is 2.34. The van der Waals surface area contributed by atoms with Crippen molar-refractivity contribution in [3.8, 4) is 0 Å². The van der Waals surface area contributed by atoms with Crippen molar-refractivity contribution in [2.45, 2.75) is 18.9 Å². The monoisotopic (exact) mass is 138 g/mol. The molecule has 2 rings (SSSR count). The van der Waals surface area contributed by atoms with E-state index in [1.807, 2.05) is 7.05 Å². The first kappa shape index (κ1) is 5.92. The standard InChI is InChI=1S/C7H10N2O/c1-8-5-2-3-6-7(5)10-4-9-6/h4-5,8H,2-3H2,1H3. The number of rotatable bonds is 1. The van der Waals surface area contributed by atoms with Crippen LogP contribution in [-0.2, 0) is 6.42 Å². The molecule has 0 radical (unpaired) electrons. The van der Waals surface area contributed by atoms with Crippen molar-refractivity contribution in [1.29, 1.82) is 0 Å². The lowest BCUT2D eigenvalue weighted by atomic mass is 10.2. The number of aryl methyl sites for hydroxylation is 1. The summed E-state index contributed by atoms with van der Waals surface area (Å²) in [5, 5.41) is 3.17. The number of fused-ring (bicyclic) bond motifs is 1. The maximum absolute atomic E-state index is 5.21. The number of hydrogen-bond donors (Lipinski definition) is 1. The van der Waals surface area contributed by atoms with Crippen LogP contribution in [0.15, 0.2) is 10.8 Å². The summed E-state index contributed by atoms with van der Waals surface area (Å²) in [5.41, 5.74) is 1.12. The fourth-order valence-electron chi connectivity index (χ4n) is 1.44. The Hall–Kier alpha value is -0.830. The Morgan fingerprint density at radius 2 is 2.70 bits per heavy atom. The van der Waals surface area contributed by atoms with E-state index >= 15 is 0 Å². The average molecular weight is 138 g/mol. The van der Waals surface area contributed by atoms with E-state index in [1.165, 1.54) is 6.39 Å². The molecule has 0 saturated heterocycles.